The summed E-state index contributed by atoms with van der Waals surface area (Å²) in [6.07, 6.45) is 1.78. The highest BCUT2D eigenvalue weighted by molar-refractivity contribution is 5.76. The van der Waals surface area contributed by atoms with Crippen molar-refractivity contribution in [2.45, 2.75) is 19.5 Å². The van der Waals surface area contributed by atoms with Crippen LogP contribution < -0.4 is 5.73 Å². The van der Waals surface area contributed by atoms with Crippen molar-refractivity contribution in [3.63, 3.8) is 0 Å². The molecule has 1 aromatic rings. The predicted octanol–water partition coefficient (Wildman–Crippen LogP) is 0.0758. The van der Waals surface area contributed by atoms with Crippen LogP contribution in [-0.4, -0.2) is 22.9 Å². The average Bonchev–Trinajstić information content (AvgIpc) is 2.63. The Morgan fingerprint density at radius 3 is 3.00 bits per heavy atom. The number of esters is 1. The number of nitrogens with two attached hydrogens (primary N) is 1. The molecule has 0 spiro atoms. The molecule has 0 aliphatic rings. The van der Waals surface area contributed by atoms with E-state index in [4.69, 9.17) is 5.73 Å². The van der Waals surface area contributed by atoms with Gasteiger partial charge in [0.1, 0.15) is 6.04 Å². The van der Waals surface area contributed by atoms with Crippen LogP contribution in [-0.2, 0) is 16.1 Å². The number of hydrogen-bond donors (Lipinski definition) is 1. The number of rotatable bonds is 3. The van der Waals surface area contributed by atoms with Crippen molar-refractivity contribution in [1.29, 1.82) is 0 Å². The monoisotopic (exact) mass is 183 g/mol. The van der Waals surface area contributed by atoms with Gasteiger partial charge in [-0.15, -0.1) is 0 Å². The lowest BCUT2D eigenvalue weighted by Crippen LogP contribution is -2.23. The summed E-state index contributed by atoms with van der Waals surface area (Å²) >= 11 is 0. The summed E-state index contributed by atoms with van der Waals surface area (Å²) < 4.78 is 6.20. The molecule has 0 amide bonds. The Morgan fingerprint density at radius 2 is 2.54 bits per heavy atom. The lowest BCUT2D eigenvalue weighted by molar-refractivity contribution is -0.142. The van der Waals surface area contributed by atoms with Crippen molar-refractivity contribution in [1.82, 2.24) is 9.78 Å². The van der Waals surface area contributed by atoms with Crippen LogP contribution in [0.5, 0.6) is 0 Å². The Balaban J connectivity index is 2.76. The highest BCUT2D eigenvalue weighted by atomic mass is 16.5. The van der Waals surface area contributed by atoms with E-state index in [1.54, 1.807) is 16.9 Å². The maximum Gasteiger partial charge on any atom is 0.328 e. The summed E-state index contributed by atoms with van der Waals surface area (Å²) in [5.41, 5.74) is 6.10. The molecule has 0 fully saturated rings. The van der Waals surface area contributed by atoms with Crippen molar-refractivity contribution in [3.05, 3.63) is 18.0 Å². The second kappa shape index (κ2) is 4.04. The Bertz CT molecular complexity index is 295. The van der Waals surface area contributed by atoms with E-state index < -0.39 is 12.0 Å². The summed E-state index contributed by atoms with van der Waals surface area (Å²) in [7, 11) is 1.30. The van der Waals surface area contributed by atoms with Crippen LogP contribution in [0.1, 0.15) is 18.7 Å². The molecular formula is C8H13N3O2. The van der Waals surface area contributed by atoms with Crippen LogP contribution in [0, 0.1) is 0 Å². The number of aryl methyl sites for hydroxylation is 1. The number of nitrogens with zero attached hydrogens (tertiary/aromatic N) is 2. The van der Waals surface area contributed by atoms with Gasteiger partial charge in [-0.25, -0.2) is 4.79 Å². The minimum atomic E-state index is -0.780. The molecule has 0 saturated carbocycles. The molecule has 5 heteroatoms. The molecule has 0 aliphatic carbocycles. The van der Waals surface area contributed by atoms with E-state index in [1.165, 1.54) is 7.11 Å². The molecular weight excluding hydrogens is 170 g/mol. The third kappa shape index (κ3) is 2.06. The molecule has 2 N–H and O–H groups in total. The minimum Gasteiger partial charge on any atom is -0.468 e. The fourth-order valence-corrected chi connectivity index (χ4v) is 0.967. The molecule has 1 aromatic heterocycles. The van der Waals surface area contributed by atoms with Gasteiger partial charge in [-0.05, 0) is 13.0 Å². The van der Waals surface area contributed by atoms with Gasteiger partial charge in [0.25, 0.3) is 0 Å². The normalized spacial score (nSPS) is 12.5. The second-order valence-electron chi connectivity index (χ2n) is 2.60. The van der Waals surface area contributed by atoms with Gasteiger partial charge in [0, 0.05) is 12.7 Å². The van der Waals surface area contributed by atoms with Gasteiger partial charge in [-0.3, -0.25) is 4.68 Å². The second-order valence-corrected chi connectivity index (χ2v) is 2.60. The molecule has 1 rings (SSSR count). The Morgan fingerprint density at radius 1 is 1.85 bits per heavy atom. The van der Waals surface area contributed by atoms with E-state index in [9.17, 15) is 4.79 Å². The van der Waals surface area contributed by atoms with E-state index in [0.717, 1.165) is 6.54 Å². The van der Waals surface area contributed by atoms with Crippen LogP contribution in [0.4, 0.5) is 0 Å². The first-order valence-electron chi connectivity index (χ1n) is 4.05. The first-order valence-corrected chi connectivity index (χ1v) is 4.05. The highest BCUT2D eigenvalue weighted by Gasteiger charge is 2.18. The van der Waals surface area contributed by atoms with Gasteiger partial charge in [0.2, 0.25) is 0 Å². The van der Waals surface area contributed by atoms with Crippen LogP contribution in [0.25, 0.3) is 0 Å². The Kier molecular flexibility index (Phi) is 3.02. The SMILES string of the molecule is CCn1ccc(C(N)C(=O)OC)n1. The van der Waals surface area contributed by atoms with Crippen molar-refractivity contribution in [2.24, 2.45) is 5.73 Å². The smallest absolute Gasteiger partial charge is 0.328 e. The first-order chi connectivity index (χ1) is 6.19. The molecule has 72 valence electrons. The molecule has 0 aliphatic heterocycles. The number of methoxy groups -OCH3 is 1. The minimum absolute atomic E-state index is 0.471. The van der Waals surface area contributed by atoms with Crippen LogP contribution >= 0.6 is 0 Å². The fraction of sp³-hybridized carbons (Fsp3) is 0.500. The number of carbonyl (C=O) groups is 1. The van der Waals surface area contributed by atoms with Crippen molar-refractivity contribution in [2.75, 3.05) is 7.11 Å². The maximum atomic E-state index is 11.0. The van der Waals surface area contributed by atoms with Crippen molar-refractivity contribution < 1.29 is 9.53 Å². The van der Waals surface area contributed by atoms with Gasteiger partial charge < -0.3 is 10.5 Å². The number of aromatic nitrogens is 2. The molecule has 1 unspecified atom stereocenters. The molecule has 0 bridgehead atoms. The Hall–Kier alpha value is -1.36. The molecule has 5 nitrogen and oxygen atoms in total. The lowest BCUT2D eigenvalue weighted by atomic mass is 10.2. The number of hydrogen-bond acceptors (Lipinski definition) is 4. The van der Waals surface area contributed by atoms with Crippen LogP contribution in [0.2, 0.25) is 0 Å². The molecule has 0 aromatic carbocycles. The summed E-state index contributed by atoms with van der Waals surface area (Å²) in [5.74, 6) is -0.471. The zero-order chi connectivity index (χ0) is 9.84. The number of ether oxygens (including phenoxy) is 1. The zero-order valence-electron chi connectivity index (χ0n) is 7.73. The third-order valence-electron chi connectivity index (χ3n) is 1.76. The number of carbonyl (C=O) groups excluding carboxylic acids is 1. The first kappa shape index (κ1) is 9.73. The van der Waals surface area contributed by atoms with Gasteiger partial charge in [-0.2, -0.15) is 5.10 Å². The largest absolute Gasteiger partial charge is 0.468 e. The van der Waals surface area contributed by atoms with Crippen LogP contribution in [0.3, 0.4) is 0 Å². The maximum absolute atomic E-state index is 11.0. The van der Waals surface area contributed by atoms with E-state index in [0.29, 0.717) is 5.69 Å². The van der Waals surface area contributed by atoms with E-state index in [1.807, 2.05) is 6.92 Å². The molecule has 1 atom stereocenters. The topological polar surface area (TPSA) is 70.1 Å². The lowest BCUT2D eigenvalue weighted by Gasteiger charge is -2.04. The standard InChI is InChI=1S/C8H13N3O2/c1-3-11-5-4-6(10-11)7(9)8(12)13-2/h4-5,7H,3,9H2,1-2H3. The molecule has 13 heavy (non-hydrogen) atoms. The van der Waals surface area contributed by atoms with E-state index in [2.05, 4.69) is 9.84 Å². The highest BCUT2D eigenvalue weighted by Crippen LogP contribution is 2.08. The Labute approximate surface area is 76.5 Å². The molecule has 0 radical (unpaired) electrons. The summed E-state index contributed by atoms with van der Waals surface area (Å²) in [6.45, 7) is 2.72. The van der Waals surface area contributed by atoms with Gasteiger partial charge in [-0.1, -0.05) is 0 Å². The quantitative estimate of drug-likeness (QED) is 0.673. The molecule has 1 heterocycles. The van der Waals surface area contributed by atoms with E-state index >= 15 is 0 Å². The van der Waals surface area contributed by atoms with E-state index in [-0.39, 0.29) is 0 Å². The molecule has 0 saturated heterocycles. The average molecular weight is 183 g/mol. The van der Waals surface area contributed by atoms with Crippen molar-refractivity contribution in [3.8, 4) is 0 Å². The third-order valence-corrected chi connectivity index (χ3v) is 1.76. The summed E-state index contributed by atoms with van der Waals surface area (Å²) in [5, 5.41) is 4.09. The van der Waals surface area contributed by atoms with Gasteiger partial charge in [0.05, 0.1) is 12.8 Å². The predicted molar refractivity (Wildman–Crippen MR) is 46.8 cm³/mol. The summed E-state index contributed by atoms with van der Waals surface area (Å²) in [6, 6.07) is 0.934. The van der Waals surface area contributed by atoms with Crippen LogP contribution in [0.15, 0.2) is 12.3 Å². The van der Waals surface area contributed by atoms with Gasteiger partial charge >= 0.3 is 5.97 Å². The zero-order valence-corrected chi connectivity index (χ0v) is 7.73. The fourth-order valence-electron chi connectivity index (χ4n) is 0.967. The summed E-state index contributed by atoms with van der Waals surface area (Å²) in [4.78, 5) is 11.0. The van der Waals surface area contributed by atoms with Crippen molar-refractivity contribution >= 4 is 5.97 Å². The van der Waals surface area contributed by atoms with Gasteiger partial charge in [0.15, 0.2) is 0 Å².